The van der Waals surface area contributed by atoms with Crippen molar-refractivity contribution in [3.8, 4) is 5.75 Å². The van der Waals surface area contributed by atoms with Gasteiger partial charge < -0.3 is 14.6 Å². The van der Waals surface area contributed by atoms with Crippen molar-refractivity contribution in [1.29, 1.82) is 0 Å². The highest BCUT2D eigenvalue weighted by molar-refractivity contribution is 5.88. The molecular formula is C17H19FN4O3. The van der Waals surface area contributed by atoms with Gasteiger partial charge in [-0.1, -0.05) is 6.07 Å². The van der Waals surface area contributed by atoms with Gasteiger partial charge in [0.15, 0.2) is 0 Å². The van der Waals surface area contributed by atoms with Gasteiger partial charge in [0, 0.05) is 37.5 Å². The summed E-state index contributed by atoms with van der Waals surface area (Å²) in [6, 6.07) is 3.27. The highest BCUT2D eigenvalue weighted by atomic mass is 19.1. The van der Waals surface area contributed by atoms with Gasteiger partial charge in [-0.2, -0.15) is 0 Å². The van der Waals surface area contributed by atoms with E-state index in [1.165, 1.54) is 29.1 Å². The third-order valence-corrected chi connectivity index (χ3v) is 3.99. The maximum atomic E-state index is 13.5. The maximum absolute atomic E-state index is 13.5. The number of aryl methyl sites for hydroxylation is 1. The predicted octanol–water partition coefficient (Wildman–Crippen LogP) is 2.34. The number of halogens is 1. The molecule has 0 spiro atoms. The molecule has 1 atom stereocenters. The van der Waals surface area contributed by atoms with Crippen LogP contribution in [0.5, 0.6) is 5.75 Å². The molecule has 1 aliphatic rings. The minimum absolute atomic E-state index is 0.0619. The van der Waals surface area contributed by atoms with Crippen molar-refractivity contribution in [3.63, 3.8) is 0 Å². The topological polar surface area (TPSA) is 85.2 Å². The lowest BCUT2D eigenvalue weighted by atomic mass is 9.90. The molecule has 0 bridgehead atoms. The summed E-state index contributed by atoms with van der Waals surface area (Å²) < 4.78 is 20.6. The van der Waals surface area contributed by atoms with Crippen molar-refractivity contribution in [1.82, 2.24) is 14.9 Å². The number of urea groups is 1. The lowest BCUT2D eigenvalue weighted by Gasteiger charge is -2.37. The van der Waals surface area contributed by atoms with Crippen LogP contribution in [0.3, 0.4) is 0 Å². The Bertz CT molecular complexity index is 878. The summed E-state index contributed by atoms with van der Waals surface area (Å²) >= 11 is 0. The first-order chi connectivity index (χ1) is 11.7. The number of amides is 2. The Kier molecular flexibility index (Phi) is 4.20. The standard InChI is InChI=1S/C17H19FN4O3/c1-17(2)9-12(11-5-4-10(18)8-13(11)25-17)20-16(24)21-14-15(23)22(3)7-6-19-14/h4-8,12H,9H2,1-3H3,(H2,19,20,21,24). The highest BCUT2D eigenvalue weighted by Gasteiger charge is 2.34. The Morgan fingerprint density at radius 1 is 1.44 bits per heavy atom. The molecule has 0 saturated carbocycles. The Labute approximate surface area is 143 Å². The molecule has 3 rings (SSSR count). The number of fused-ring (bicyclic) bond motifs is 1. The number of nitrogens with zero attached hydrogens (tertiary/aromatic N) is 2. The van der Waals surface area contributed by atoms with Crippen LogP contribution in [-0.2, 0) is 7.05 Å². The fraction of sp³-hybridized carbons (Fsp3) is 0.353. The number of carbonyl (C=O) groups is 1. The van der Waals surface area contributed by atoms with Crippen LogP contribution in [-0.4, -0.2) is 21.2 Å². The average molecular weight is 346 g/mol. The predicted molar refractivity (Wildman–Crippen MR) is 90.1 cm³/mol. The number of hydrogen-bond acceptors (Lipinski definition) is 4. The third kappa shape index (κ3) is 3.62. The molecule has 1 aromatic carbocycles. The smallest absolute Gasteiger partial charge is 0.321 e. The number of nitrogens with one attached hydrogen (secondary N) is 2. The molecule has 1 aliphatic heterocycles. The van der Waals surface area contributed by atoms with Gasteiger partial charge in [0.05, 0.1) is 6.04 Å². The number of aromatic nitrogens is 2. The number of hydrogen-bond donors (Lipinski definition) is 2. The number of carbonyl (C=O) groups excluding carboxylic acids is 1. The summed E-state index contributed by atoms with van der Waals surface area (Å²) in [7, 11) is 1.57. The zero-order valence-corrected chi connectivity index (χ0v) is 14.2. The van der Waals surface area contributed by atoms with Crippen LogP contribution < -0.4 is 20.9 Å². The van der Waals surface area contributed by atoms with Crippen molar-refractivity contribution in [3.05, 3.63) is 52.3 Å². The maximum Gasteiger partial charge on any atom is 0.321 e. The highest BCUT2D eigenvalue weighted by Crippen LogP contribution is 2.39. The van der Waals surface area contributed by atoms with Crippen LogP contribution in [0, 0.1) is 5.82 Å². The van der Waals surface area contributed by atoms with Gasteiger partial charge in [-0.25, -0.2) is 14.2 Å². The number of benzene rings is 1. The minimum Gasteiger partial charge on any atom is -0.487 e. The van der Waals surface area contributed by atoms with Crippen molar-refractivity contribution < 1.29 is 13.9 Å². The second kappa shape index (κ2) is 6.19. The quantitative estimate of drug-likeness (QED) is 0.874. The number of rotatable bonds is 2. The SMILES string of the molecule is Cn1ccnc(NC(=O)NC2CC(C)(C)Oc3cc(F)ccc32)c1=O. The van der Waals surface area contributed by atoms with Gasteiger partial charge in [0.2, 0.25) is 5.82 Å². The van der Waals surface area contributed by atoms with Gasteiger partial charge in [-0.05, 0) is 19.9 Å². The first kappa shape index (κ1) is 16.9. The zero-order valence-electron chi connectivity index (χ0n) is 14.2. The first-order valence-corrected chi connectivity index (χ1v) is 7.83. The lowest BCUT2D eigenvalue weighted by Crippen LogP contribution is -2.43. The molecule has 0 aliphatic carbocycles. The molecule has 2 aromatic rings. The summed E-state index contributed by atoms with van der Waals surface area (Å²) in [6.45, 7) is 3.73. The molecule has 2 amide bonds. The van der Waals surface area contributed by atoms with Crippen molar-refractivity contribution in [2.75, 3.05) is 5.32 Å². The van der Waals surface area contributed by atoms with Crippen LogP contribution in [0.15, 0.2) is 35.4 Å². The molecule has 0 saturated heterocycles. The molecule has 25 heavy (non-hydrogen) atoms. The average Bonchev–Trinajstić information content (AvgIpc) is 2.50. The first-order valence-electron chi connectivity index (χ1n) is 7.83. The summed E-state index contributed by atoms with van der Waals surface area (Å²) in [6.07, 6.45) is 3.42. The van der Waals surface area contributed by atoms with E-state index in [-0.39, 0.29) is 11.9 Å². The summed E-state index contributed by atoms with van der Waals surface area (Å²) in [5.41, 5.74) is -0.294. The molecule has 1 unspecified atom stereocenters. The fourth-order valence-electron chi connectivity index (χ4n) is 2.84. The molecule has 0 fully saturated rings. The summed E-state index contributed by atoms with van der Waals surface area (Å²) in [5, 5.41) is 5.26. The molecule has 7 nitrogen and oxygen atoms in total. The largest absolute Gasteiger partial charge is 0.487 e. The van der Waals surface area contributed by atoms with E-state index in [2.05, 4.69) is 15.6 Å². The van der Waals surface area contributed by atoms with E-state index in [0.717, 1.165) is 0 Å². The Hall–Kier alpha value is -2.90. The molecule has 8 heteroatoms. The van der Waals surface area contributed by atoms with E-state index in [1.807, 2.05) is 13.8 Å². The van der Waals surface area contributed by atoms with Crippen LogP contribution in [0.2, 0.25) is 0 Å². The monoisotopic (exact) mass is 346 g/mol. The van der Waals surface area contributed by atoms with Gasteiger partial charge in [-0.15, -0.1) is 0 Å². The van der Waals surface area contributed by atoms with Gasteiger partial charge in [0.1, 0.15) is 17.2 Å². The minimum atomic E-state index is -0.570. The van der Waals surface area contributed by atoms with E-state index in [4.69, 9.17) is 4.74 Å². The van der Waals surface area contributed by atoms with Crippen LogP contribution in [0.25, 0.3) is 0 Å². The van der Waals surface area contributed by atoms with E-state index >= 15 is 0 Å². The van der Waals surface area contributed by atoms with Crippen LogP contribution >= 0.6 is 0 Å². The summed E-state index contributed by atoms with van der Waals surface area (Å²) in [5.74, 6) is -0.0694. The van der Waals surface area contributed by atoms with Crippen LogP contribution in [0.1, 0.15) is 31.9 Å². The molecule has 1 aromatic heterocycles. The second-order valence-corrected chi connectivity index (χ2v) is 6.59. The van der Waals surface area contributed by atoms with E-state index in [1.54, 1.807) is 13.1 Å². The fourth-order valence-corrected chi connectivity index (χ4v) is 2.84. The number of ether oxygens (including phenoxy) is 1. The lowest BCUT2D eigenvalue weighted by molar-refractivity contribution is 0.0678. The second-order valence-electron chi connectivity index (χ2n) is 6.59. The molecule has 2 heterocycles. The normalized spacial score (nSPS) is 18.0. The van der Waals surface area contributed by atoms with Crippen molar-refractivity contribution >= 4 is 11.8 Å². The van der Waals surface area contributed by atoms with Crippen molar-refractivity contribution in [2.24, 2.45) is 7.05 Å². The van der Waals surface area contributed by atoms with Gasteiger partial charge in [0.25, 0.3) is 5.56 Å². The number of anilines is 1. The molecule has 2 N–H and O–H groups in total. The van der Waals surface area contributed by atoms with Crippen molar-refractivity contribution in [2.45, 2.75) is 31.9 Å². The molecule has 132 valence electrons. The van der Waals surface area contributed by atoms with Gasteiger partial charge in [-0.3, -0.25) is 10.1 Å². The van der Waals surface area contributed by atoms with E-state index in [0.29, 0.717) is 17.7 Å². The molecular weight excluding hydrogens is 327 g/mol. The Morgan fingerprint density at radius 3 is 2.96 bits per heavy atom. The summed E-state index contributed by atoms with van der Waals surface area (Å²) in [4.78, 5) is 28.1. The Morgan fingerprint density at radius 2 is 2.20 bits per heavy atom. The van der Waals surface area contributed by atoms with Gasteiger partial charge >= 0.3 is 6.03 Å². The third-order valence-electron chi connectivity index (χ3n) is 3.99. The Balaban J connectivity index is 1.81. The van der Waals surface area contributed by atoms with Crippen LogP contribution in [0.4, 0.5) is 15.0 Å². The zero-order chi connectivity index (χ0) is 18.2. The molecule has 0 radical (unpaired) electrons. The van der Waals surface area contributed by atoms with E-state index in [9.17, 15) is 14.0 Å². The van der Waals surface area contributed by atoms with E-state index < -0.39 is 23.0 Å².